The van der Waals surface area contributed by atoms with Crippen LogP contribution in [0.15, 0.2) is 53.1 Å². The molecule has 2 nitrogen and oxygen atoms in total. The van der Waals surface area contributed by atoms with Gasteiger partial charge in [0.05, 0.1) is 0 Å². The molecular weight excluding hydrogens is 313 g/mol. The minimum Gasteiger partial charge on any atom is -0.356 e. The van der Waals surface area contributed by atoms with Crippen molar-refractivity contribution in [2.75, 3.05) is 0 Å². The van der Waals surface area contributed by atoms with Crippen molar-refractivity contribution < 1.29 is 4.52 Å². The predicted octanol–water partition coefficient (Wildman–Crippen LogP) is 4.10. The summed E-state index contributed by atoms with van der Waals surface area (Å²) in [6.45, 7) is 0. The third-order valence-electron chi connectivity index (χ3n) is 2.51. The van der Waals surface area contributed by atoms with Crippen LogP contribution in [0.25, 0.3) is 22.2 Å². The second kappa shape index (κ2) is 3.90. The van der Waals surface area contributed by atoms with E-state index in [1.54, 1.807) is 0 Å². The van der Waals surface area contributed by atoms with Crippen LogP contribution < -0.4 is 0 Å². The maximum absolute atomic E-state index is 5.31. The van der Waals surface area contributed by atoms with Gasteiger partial charge in [0.1, 0.15) is 5.69 Å². The molecule has 0 radical (unpaired) electrons. The Balaban J connectivity index is 2.31. The number of para-hydroxylation sites is 1. The van der Waals surface area contributed by atoms with E-state index in [2.05, 4.69) is 39.9 Å². The monoisotopic (exact) mass is 321 g/mol. The van der Waals surface area contributed by atoms with Crippen molar-refractivity contribution in [1.82, 2.24) is 5.16 Å². The van der Waals surface area contributed by atoms with E-state index >= 15 is 0 Å². The van der Waals surface area contributed by atoms with Crippen LogP contribution in [0.2, 0.25) is 0 Å². The van der Waals surface area contributed by atoms with Crippen LogP contribution >= 0.6 is 22.6 Å². The Bertz CT molecular complexity index is 645. The summed E-state index contributed by atoms with van der Waals surface area (Å²) in [5.74, 6) is 0. The van der Waals surface area contributed by atoms with Gasteiger partial charge in [-0.2, -0.15) is 0 Å². The Hall–Kier alpha value is -1.36. The summed E-state index contributed by atoms with van der Waals surface area (Å²) in [7, 11) is 0. The largest absolute Gasteiger partial charge is 0.356 e. The number of hydrogen-bond donors (Lipinski definition) is 0. The molecule has 0 atom stereocenters. The summed E-state index contributed by atoms with van der Waals surface area (Å²) in [5, 5.41) is 5.21. The molecule has 0 aliphatic rings. The fourth-order valence-electron chi connectivity index (χ4n) is 1.73. The van der Waals surface area contributed by atoms with Gasteiger partial charge in [0.2, 0.25) is 0 Å². The van der Waals surface area contributed by atoms with Crippen LogP contribution in [-0.4, -0.2) is 5.16 Å². The minimum atomic E-state index is 0.831. The molecule has 0 aliphatic carbocycles. The van der Waals surface area contributed by atoms with Crippen molar-refractivity contribution >= 4 is 33.6 Å². The molecule has 3 rings (SSSR count). The molecular formula is C13H8INO. The van der Waals surface area contributed by atoms with Crippen molar-refractivity contribution in [2.45, 2.75) is 0 Å². The molecule has 0 N–H and O–H groups in total. The molecule has 0 spiro atoms. The van der Waals surface area contributed by atoms with Gasteiger partial charge in [-0.15, -0.1) is 0 Å². The fraction of sp³-hybridized carbons (Fsp3) is 0. The Morgan fingerprint density at radius 1 is 0.938 bits per heavy atom. The maximum Gasteiger partial charge on any atom is 0.167 e. The minimum absolute atomic E-state index is 0.831. The third-order valence-corrected chi connectivity index (χ3v) is 3.45. The lowest BCUT2D eigenvalue weighted by Gasteiger charge is -1.99. The predicted molar refractivity (Wildman–Crippen MR) is 72.2 cm³/mol. The highest BCUT2D eigenvalue weighted by Gasteiger charge is 2.11. The number of rotatable bonds is 1. The third kappa shape index (κ3) is 1.51. The average Bonchev–Trinajstić information content (AvgIpc) is 2.74. The summed E-state index contributed by atoms with van der Waals surface area (Å²) in [4.78, 5) is 0. The zero-order chi connectivity index (χ0) is 11.0. The van der Waals surface area contributed by atoms with E-state index in [1.807, 2.05) is 36.4 Å². The molecule has 78 valence electrons. The SMILES string of the molecule is Ic1ccccc1-c1noc2ccccc12. The maximum atomic E-state index is 5.31. The topological polar surface area (TPSA) is 26.0 Å². The Morgan fingerprint density at radius 3 is 2.56 bits per heavy atom. The highest BCUT2D eigenvalue weighted by atomic mass is 127. The molecule has 2 aromatic carbocycles. The lowest BCUT2D eigenvalue weighted by atomic mass is 10.1. The number of aromatic nitrogens is 1. The van der Waals surface area contributed by atoms with Crippen LogP contribution in [0, 0.1) is 3.57 Å². The standard InChI is InChI=1S/C13H8INO/c14-11-7-3-1-5-9(11)13-10-6-2-4-8-12(10)16-15-13/h1-8H. The molecule has 0 amide bonds. The first-order chi connectivity index (χ1) is 7.86. The van der Waals surface area contributed by atoms with Crippen molar-refractivity contribution in [3.05, 3.63) is 52.1 Å². The van der Waals surface area contributed by atoms with Crippen LogP contribution in [0.4, 0.5) is 0 Å². The van der Waals surface area contributed by atoms with Gasteiger partial charge in [-0.25, -0.2) is 0 Å². The Labute approximate surface area is 106 Å². The van der Waals surface area contributed by atoms with E-state index in [9.17, 15) is 0 Å². The van der Waals surface area contributed by atoms with Crippen LogP contribution in [0.5, 0.6) is 0 Å². The normalized spacial score (nSPS) is 10.8. The van der Waals surface area contributed by atoms with E-state index in [4.69, 9.17) is 4.52 Å². The highest BCUT2D eigenvalue weighted by molar-refractivity contribution is 14.1. The number of nitrogens with zero attached hydrogens (tertiary/aromatic N) is 1. The van der Waals surface area contributed by atoms with Crippen LogP contribution in [0.3, 0.4) is 0 Å². The molecule has 16 heavy (non-hydrogen) atoms. The molecule has 0 unspecified atom stereocenters. The Kier molecular flexibility index (Phi) is 2.40. The van der Waals surface area contributed by atoms with E-state index in [0.717, 1.165) is 22.2 Å². The summed E-state index contributed by atoms with van der Waals surface area (Å²) >= 11 is 2.31. The molecule has 1 heterocycles. The van der Waals surface area contributed by atoms with E-state index in [-0.39, 0.29) is 0 Å². The summed E-state index contributed by atoms with van der Waals surface area (Å²) < 4.78 is 6.48. The smallest absolute Gasteiger partial charge is 0.167 e. The fourth-order valence-corrected chi connectivity index (χ4v) is 2.38. The lowest BCUT2D eigenvalue weighted by molar-refractivity contribution is 0.459. The highest BCUT2D eigenvalue weighted by Crippen LogP contribution is 2.30. The summed E-state index contributed by atoms with van der Waals surface area (Å²) in [6.07, 6.45) is 0. The second-order valence-electron chi connectivity index (χ2n) is 3.51. The first-order valence-corrected chi connectivity index (χ1v) is 6.03. The van der Waals surface area contributed by atoms with Crippen LogP contribution in [-0.2, 0) is 0 Å². The second-order valence-corrected chi connectivity index (χ2v) is 4.67. The van der Waals surface area contributed by atoms with Gasteiger partial charge in [-0.1, -0.05) is 35.5 Å². The molecule has 3 aromatic rings. The van der Waals surface area contributed by atoms with Gasteiger partial charge >= 0.3 is 0 Å². The van der Waals surface area contributed by atoms with Gasteiger partial charge in [0, 0.05) is 14.5 Å². The molecule has 0 saturated carbocycles. The van der Waals surface area contributed by atoms with Gasteiger partial charge in [-0.05, 0) is 40.8 Å². The quantitative estimate of drug-likeness (QED) is 0.631. The first kappa shape index (κ1) is 9.84. The van der Waals surface area contributed by atoms with Crippen molar-refractivity contribution in [2.24, 2.45) is 0 Å². The van der Waals surface area contributed by atoms with Gasteiger partial charge in [0.15, 0.2) is 5.58 Å². The van der Waals surface area contributed by atoms with E-state index < -0.39 is 0 Å². The lowest BCUT2D eigenvalue weighted by Crippen LogP contribution is -1.82. The van der Waals surface area contributed by atoms with Crippen molar-refractivity contribution in [1.29, 1.82) is 0 Å². The molecule has 3 heteroatoms. The first-order valence-electron chi connectivity index (χ1n) is 4.95. The molecule has 0 aliphatic heterocycles. The number of hydrogen-bond acceptors (Lipinski definition) is 2. The number of fused-ring (bicyclic) bond motifs is 1. The summed E-state index contributed by atoms with van der Waals surface area (Å²) in [5.41, 5.74) is 2.87. The zero-order valence-corrected chi connectivity index (χ0v) is 10.5. The molecule has 0 saturated heterocycles. The van der Waals surface area contributed by atoms with E-state index in [0.29, 0.717) is 0 Å². The molecule has 1 aromatic heterocycles. The zero-order valence-electron chi connectivity index (χ0n) is 8.35. The summed E-state index contributed by atoms with van der Waals surface area (Å²) in [6, 6.07) is 16.1. The Morgan fingerprint density at radius 2 is 1.69 bits per heavy atom. The van der Waals surface area contributed by atoms with Crippen molar-refractivity contribution in [3.8, 4) is 11.3 Å². The molecule has 0 fully saturated rings. The van der Waals surface area contributed by atoms with Gasteiger partial charge < -0.3 is 4.52 Å². The molecule has 0 bridgehead atoms. The average molecular weight is 321 g/mol. The van der Waals surface area contributed by atoms with E-state index in [1.165, 1.54) is 3.57 Å². The van der Waals surface area contributed by atoms with Gasteiger partial charge in [0.25, 0.3) is 0 Å². The van der Waals surface area contributed by atoms with Gasteiger partial charge in [-0.3, -0.25) is 0 Å². The number of halogens is 1. The van der Waals surface area contributed by atoms with Crippen molar-refractivity contribution in [3.63, 3.8) is 0 Å². The van der Waals surface area contributed by atoms with Crippen LogP contribution in [0.1, 0.15) is 0 Å². The number of benzene rings is 2.